The number of aromatic nitrogens is 2. The highest BCUT2D eigenvalue weighted by molar-refractivity contribution is 6.02. The molecule has 0 bridgehead atoms. The molecule has 18 heavy (non-hydrogen) atoms. The summed E-state index contributed by atoms with van der Waals surface area (Å²) in [6, 6.07) is 9.66. The fourth-order valence-corrected chi connectivity index (χ4v) is 2.22. The zero-order valence-corrected chi connectivity index (χ0v) is 10.1. The lowest BCUT2D eigenvalue weighted by Crippen LogP contribution is -2.33. The third kappa shape index (κ3) is 1.73. The largest absolute Gasteiger partial charge is 0.327 e. The van der Waals surface area contributed by atoms with Crippen LogP contribution in [0.15, 0.2) is 36.5 Å². The minimum absolute atomic E-state index is 0.108. The van der Waals surface area contributed by atoms with Crippen molar-refractivity contribution in [3.05, 3.63) is 42.1 Å². The number of urea groups is 1. The van der Waals surface area contributed by atoms with Gasteiger partial charge in [0.1, 0.15) is 5.82 Å². The van der Waals surface area contributed by atoms with Gasteiger partial charge < -0.3 is 0 Å². The van der Waals surface area contributed by atoms with E-state index in [1.54, 1.807) is 28.9 Å². The number of anilines is 2. The van der Waals surface area contributed by atoms with Crippen molar-refractivity contribution in [1.82, 2.24) is 9.78 Å². The molecule has 0 spiro atoms. The molecule has 0 fully saturated rings. The average Bonchev–Trinajstić information content (AvgIpc) is 2.96. The first kappa shape index (κ1) is 10.8. The fourth-order valence-electron chi connectivity index (χ4n) is 2.22. The summed E-state index contributed by atoms with van der Waals surface area (Å²) in [4.78, 5) is 14.0. The maximum absolute atomic E-state index is 12.2. The van der Waals surface area contributed by atoms with E-state index >= 15 is 0 Å². The van der Waals surface area contributed by atoms with Crippen molar-refractivity contribution in [2.45, 2.75) is 6.42 Å². The van der Waals surface area contributed by atoms with Gasteiger partial charge in [-0.25, -0.2) is 4.79 Å². The highest BCUT2D eigenvalue weighted by Gasteiger charge is 2.24. The summed E-state index contributed by atoms with van der Waals surface area (Å²) in [6.07, 6.45) is 2.57. The predicted octanol–water partition coefficient (Wildman–Crippen LogP) is 2.01. The molecule has 2 amide bonds. The van der Waals surface area contributed by atoms with Crippen molar-refractivity contribution in [2.75, 3.05) is 16.8 Å². The monoisotopic (exact) mass is 242 g/mol. The molecule has 1 aromatic carbocycles. The minimum atomic E-state index is -0.108. The van der Waals surface area contributed by atoms with Gasteiger partial charge in [0.15, 0.2) is 0 Å². The summed E-state index contributed by atoms with van der Waals surface area (Å²) < 4.78 is 1.64. The summed E-state index contributed by atoms with van der Waals surface area (Å²) in [7, 11) is 1.80. The van der Waals surface area contributed by atoms with Gasteiger partial charge in [-0.3, -0.25) is 14.9 Å². The number of para-hydroxylation sites is 1. The van der Waals surface area contributed by atoms with E-state index in [2.05, 4.69) is 16.5 Å². The smallest absolute Gasteiger partial charge is 0.294 e. The topological polar surface area (TPSA) is 50.2 Å². The van der Waals surface area contributed by atoms with Crippen molar-refractivity contribution < 1.29 is 4.79 Å². The minimum Gasteiger partial charge on any atom is -0.294 e. The standard InChI is InChI=1S/C13H14N4O/c1-16-12(6-8-14-16)15-13(18)17-9-7-10-4-2-3-5-11(10)17/h2-6,8H,7,9H2,1H3,(H,15,18). The first-order chi connectivity index (χ1) is 8.75. The lowest BCUT2D eigenvalue weighted by molar-refractivity contribution is 0.257. The number of nitrogens with zero attached hydrogens (tertiary/aromatic N) is 3. The first-order valence-electron chi connectivity index (χ1n) is 5.90. The summed E-state index contributed by atoms with van der Waals surface area (Å²) in [5.41, 5.74) is 2.22. The number of hydrogen-bond acceptors (Lipinski definition) is 2. The second-order valence-electron chi connectivity index (χ2n) is 4.30. The van der Waals surface area contributed by atoms with Gasteiger partial charge in [0.25, 0.3) is 0 Å². The molecule has 1 aromatic heterocycles. The van der Waals surface area contributed by atoms with Crippen LogP contribution in [0.1, 0.15) is 5.56 Å². The van der Waals surface area contributed by atoms with Gasteiger partial charge in [-0.2, -0.15) is 5.10 Å². The van der Waals surface area contributed by atoms with Crippen LogP contribution in [0.5, 0.6) is 0 Å². The summed E-state index contributed by atoms with van der Waals surface area (Å²) >= 11 is 0. The van der Waals surface area contributed by atoms with E-state index in [-0.39, 0.29) is 6.03 Å². The Morgan fingerprint density at radius 1 is 1.33 bits per heavy atom. The molecular weight excluding hydrogens is 228 g/mol. The number of nitrogens with one attached hydrogen (secondary N) is 1. The molecule has 0 saturated heterocycles. The second-order valence-corrected chi connectivity index (χ2v) is 4.30. The van der Waals surface area contributed by atoms with Crippen LogP contribution in [-0.2, 0) is 13.5 Å². The highest BCUT2D eigenvalue weighted by atomic mass is 16.2. The van der Waals surface area contributed by atoms with Crippen molar-refractivity contribution in [3.63, 3.8) is 0 Å². The van der Waals surface area contributed by atoms with E-state index in [4.69, 9.17) is 0 Å². The Hall–Kier alpha value is -2.30. The van der Waals surface area contributed by atoms with Crippen LogP contribution in [-0.4, -0.2) is 22.4 Å². The zero-order valence-electron chi connectivity index (χ0n) is 10.1. The van der Waals surface area contributed by atoms with E-state index < -0.39 is 0 Å². The Balaban J connectivity index is 1.81. The SMILES string of the molecule is Cn1nccc1NC(=O)N1CCc2ccccc21. The number of hydrogen-bond donors (Lipinski definition) is 1. The van der Waals surface area contributed by atoms with Gasteiger partial charge in [0, 0.05) is 25.3 Å². The quantitative estimate of drug-likeness (QED) is 0.831. The summed E-state index contributed by atoms with van der Waals surface area (Å²) in [6.45, 7) is 0.725. The Bertz CT molecular complexity index is 590. The van der Waals surface area contributed by atoms with Gasteiger partial charge in [0.05, 0.1) is 6.20 Å². The number of carbonyl (C=O) groups is 1. The third-order valence-electron chi connectivity index (χ3n) is 3.19. The van der Waals surface area contributed by atoms with Gasteiger partial charge in [-0.1, -0.05) is 18.2 Å². The summed E-state index contributed by atoms with van der Waals surface area (Å²) in [5, 5.41) is 6.88. The van der Waals surface area contributed by atoms with Gasteiger partial charge in [-0.05, 0) is 18.1 Å². The molecule has 0 saturated carbocycles. The van der Waals surface area contributed by atoms with E-state index in [9.17, 15) is 4.79 Å². The molecule has 92 valence electrons. The average molecular weight is 242 g/mol. The Labute approximate surface area is 105 Å². The fraction of sp³-hybridized carbons (Fsp3) is 0.231. The molecule has 0 unspecified atom stereocenters. The molecule has 0 radical (unpaired) electrons. The van der Waals surface area contributed by atoms with E-state index in [1.165, 1.54) is 5.56 Å². The van der Waals surface area contributed by atoms with Crippen molar-refractivity contribution >= 4 is 17.5 Å². The molecule has 0 aliphatic carbocycles. The molecular formula is C13H14N4O. The number of amides is 2. The molecule has 2 aromatic rings. The molecule has 0 atom stereocenters. The van der Waals surface area contributed by atoms with E-state index in [0.29, 0.717) is 5.82 Å². The number of rotatable bonds is 1. The van der Waals surface area contributed by atoms with Crippen molar-refractivity contribution in [2.24, 2.45) is 7.05 Å². The van der Waals surface area contributed by atoms with Crippen LogP contribution >= 0.6 is 0 Å². The number of aryl methyl sites for hydroxylation is 1. The zero-order chi connectivity index (χ0) is 12.5. The number of carbonyl (C=O) groups excluding carboxylic acids is 1. The maximum atomic E-state index is 12.2. The van der Waals surface area contributed by atoms with Crippen LogP contribution in [0.4, 0.5) is 16.3 Å². The lowest BCUT2D eigenvalue weighted by atomic mass is 10.2. The van der Waals surface area contributed by atoms with Crippen LogP contribution in [0.2, 0.25) is 0 Å². The van der Waals surface area contributed by atoms with Gasteiger partial charge in [0.2, 0.25) is 0 Å². The normalized spacial score (nSPS) is 13.5. The molecule has 1 N–H and O–H groups in total. The van der Waals surface area contributed by atoms with E-state index in [0.717, 1.165) is 18.7 Å². The Morgan fingerprint density at radius 3 is 2.94 bits per heavy atom. The Morgan fingerprint density at radius 2 is 2.17 bits per heavy atom. The molecule has 3 rings (SSSR count). The van der Waals surface area contributed by atoms with Crippen LogP contribution in [0.3, 0.4) is 0 Å². The first-order valence-corrected chi connectivity index (χ1v) is 5.90. The third-order valence-corrected chi connectivity index (χ3v) is 3.19. The van der Waals surface area contributed by atoms with Crippen molar-refractivity contribution in [1.29, 1.82) is 0 Å². The molecule has 2 heterocycles. The van der Waals surface area contributed by atoms with Gasteiger partial charge >= 0.3 is 6.03 Å². The van der Waals surface area contributed by atoms with Crippen LogP contribution < -0.4 is 10.2 Å². The number of fused-ring (bicyclic) bond motifs is 1. The molecule has 5 heteroatoms. The van der Waals surface area contributed by atoms with E-state index in [1.807, 2.05) is 18.2 Å². The predicted molar refractivity (Wildman–Crippen MR) is 69.7 cm³/mol. The van der Waals surface area contributed by atoms with Crippen LogP contribution in [0.25, 0.3) is 0 Å². The second kappa shape index (κ2) is 4.18. The highest BCUT2D eigenvalue weighted by Crippen LogP contribution is 2.27. The van der Waals surface area contributed by atoms with Crippen LogP contribution in [0, 0.1) is 0 Å². The summed E-state index contributed by atoms with van der Waals surface area (Å²) in [5.74, 6) is 0.699. The molecule has 5 nitrogen and oxygen atoms in total. The molecule has 1 aliphatic heterocycles. The van der Waals surface area contributed by atoms with Crippen molar-refractivity contribution in [3.8, 4) is 0 Å². The number of benzene rings is 1. The molecule has 1 aliphatic rings. The maximum Gasteiger partial charge on any atom is 0.327 e. The Kier molecular flexibility index (Phi) is 2.51. The lowest BCUT2D eigenvalue weighted by Gasteiger charge is -2.17. The van der Waals surface area contributed by atoms with Gasteiger partial charge in [-0.15, -0.1) is 0 Å².